The fourth-order valence-electron chi connectivity index (χ4n) is 13.4. The van der Waals surface area contributed by atoms with Crippen LogP contribution in [-0.4, -0.2) is 51.2 Å². The first kappa shape index (κ1) is 35.9. The molecular weight excluding hydrogens is 642 g/mol. The number of hydrogen-bond donors (Lipinski definition) is 1. The van der Waals surface area contributed by atoms with Crippen LogP contribution in [-0.2, 0) is 25.6 Å². The second-order valence-electron chi connectivity index (χ2n) is 18.4. The smallest absolute Gasteiger partial charge is 0.337 e. The third-order valence-electron chi connectivity index (χ3n) is 16.1. The Labute approximate surface area is 302 Å². The summed E-state index contributed by atoms with van der Waals surface area (Å²) in [5, 5.41) is 19.1. The molecular formula is C42H57N3O6. The zero-order chi connectivity index (χ0) is 36.7. The lowest BCUT2D eigenvalue weighted by molar-refractivity contribution is -0.250. The van der Waals surface area contributed by atoms with Crippen molar-refractivity contribution < 1.29 is 29.0 Å². The number of carboxylic acids is 1. The lowest BCUT2D eigenvalue weighted by atomic mass is 9.32. The molecule has 2 aromatic rings. The van der Waals surface area contributed by atoms with Gasteiger partial charge in [-0.15, -0.1) is 5.10 Å². The molecule has 51 heavy (non-hydrogen) atoms. The summed E-state index contributed by atoms with van der Waals surface area (Å²) in [7, 11) is 1.35. The summed E-state index contributed by atoms with van der Waals surface area (Å²) in [6.07, 6.45) is 11.4. The Morgan fingerprint density at radius 2 is 1.63 bits per heavy atom. The molecule has 0 radical (unpaired) electrons. The van der Waals surface area contributed by atoms with Crippen LogP contribution in [0.2, 0.25) is 0 Å². The SMILES string of the molecule is C=C(C)[C@@H]1CC[C@]2(C(=O)O)CC[C@]3(C)[C@H](CC[C@@H]4[C@@]5(C)CC[C@H](OC(=O)Cn6cc(-c7ccc(C(=O)OC)cc7)nn6)C(C)(C)[C@@H]5CC[C@]43C)[C@@H]12. The van der Waals surface area contributed by atoms with E-state index in [2.05, 4.69) is 58.4 Å². The summed E-state index contributed by atoms with van der Waals surface area (Å²) in [5.74, 6) is 0.536. The third-order valence-corrected chi connectivity index (χ3v) is 16.1. The monoisotopic (exact) mass is 699 g/mol. The number of ether oxygens (including phenoxy) is 2. The fourth-order valence-corrected chi connectivity index (χ4v) is 13.4. The molecule has 276 valence electrons. The normalized spacial score (nSPS) is 39.4. The van der Waals surface area contributed by atoms with Gasteiger partial charge in [-0.3, -0.25) is 9.59 Å². The molecule has 0 saturated heterocycles. The average Bonchev–Trinajstić information content (AvgIpc) is 3.72. The second-order valence-corrected chi connectivity index (χ2v) is 18.4. The number of nitrogens with zero attached hydrogens (tertiary/aromatic N) is 3. The van der Waals surface area contributed by atoms with Crippen molar-refractivity contribution in [3.63, 3.8) is 0 Å². The number of benzene rings is 1. The van der Waals surface area contributed by atoms with Crippen LogP contribution in [0.3, 0.4) is 0 Å². The fraction of sp³-hybridized carbons (Fsp3) is 0.690. The van der Waals surface area contributed by atoms with E-state index in [1.165, 1.54) is 17.4 Å². The topological polar surface area (TPSA) is 121 Å². The van der Waals surface area contributed by atoms with Crippen LogP contribution >= 0.6 is 0 Å². The summed E-state index contributed by atoms with van der Waals surface area (Å²) < 4.78 is 12.6. The first-order chi connectivity index (χ1) is 24.0. The van der Waals surface area contributed by atoms with Gasteiger partial charge >= 0.3 is 17.9 Å². The predicted molar refractivity (Wildman–Crippen MR) is 193 cm³/mol. The highest BCUT2D eigenvalue weighted by Gasteiger charge is 2.72. The van der Waals surface area contributed by atoms with Gasteiger partial charge in [0.25, 0.3) is 0 Å². The van der Waals surface area contributed by atoms with Gasteiger partial charge in [0.05, 0.1) is 24.3 Å². The molecule has 10 atom stereocenters. The Bertz CT molecular complexity index is 1730. The number of aromatic nitrogens is 3. The third kappa shape index (κ3) is 5.25. The summed E-state index contributed by atoms with van der Waals surface area (Å²) >= 11 is 0. The standard InChI is InChI=1S/C42H57N3O6/c1-25(2)28-15-20-42(37(48)49)22-21-40(6)29(35(28)42)13-14-32-39(5)18-17-33(38(3,4)31(39)16-19-41(32,40)7)51-34(46)24-45-23-30(43-44-45)26-9-11-27(12-10-26)36(47)50-8/h9-12,23,28-29,31-33,35H,1,13-22,24H2,2-8H3,(H,48,49)/t28-,29+,31-,32+,33-,35+,39-,40+,41+,42-/m0/s1. The number of rotatable bonds is 7. The molecule has 1 aromatic heterocycles. The van der Waals surface area contributed by atoms with Crippen molar-refractivity contribution >= 4 is 17.9 Å². The number of carbonyl (C=O) groups excluding carboxylic acids is 2. The minimum atomic E-state index is -0.604. The molecule has 0 amide bonds. The van der Waals surface area contributed by atoms with Crippen LogP contribution in [0.5, 0.6) is 0 Å². The molecule has 0 unspecified atom stereocenters. The van der Waals surface area contributed by atoms with E-state index in [0.717, 1.165) is 69.8 Å². The predicted octanol–water partition coefficient (Wildman–Crippen LogP) is 8.39. The molecule has 0 spiro atoms. The Morgan fingerprint density at radius 3 is 2.29 bits per heavy atom. The van der Waals surface area contributed by atoms with Gasteiger partial charge in [-0.05, 0) is 129 Å². The van der Waals surface area contributed by atoms with Crippen LogP contribution in [0.4, 0.5) is 0 Å². The van der Waals surface area contributed by atoms with E-state index < -0.39 is 17.4 Å². The van der Waals surface area contributed by atoms with Gasteiger partial charge in [0.15, 0.2) is 0 Å². The molecule has 1 heterocycles. The number of hydrogen-bond acceptors (Lipinski definition) is 7. The Balaban J connectivity index is 1.06. The molecule has 0 aliphatic heterocycles. The zero-order valence-corrected chi connectivity index (χ0v) is 31.7. The first-order valence-corrected chi connectivity index (χ1v) is 19.2. The van der Waals surface area contributed by atoms with E-state index >= 15 is 0 Å². The highest BCUT2D eigenvalue weighted by Crippen LogP contribution is 2.77. The highest BCUT2D eigenvalue weighted by molar-refractivity contribution is 5.89. The zero-order valence-electron chi connectivity index (χ0n) is 31.7. The summed E-state index contributed by atoms with van der Waals surface area (Å²) in [4.78, 5) is 38.2. The first-order valence-electron chi connectivity index (χ1n) is 19.2. The van der Waals surface area contributed by atoms with Crippen LogP contribution < -0.4 is 0 Å². The van der Waals surface area contributed by atoms with Crippen LogP contribution in [0.15, 0.2) is 42.6 Å². The quantitative estimate of drug-likeness (QED) is 0.226. The van der Waals surface area contributed by atoms with Gasteiger partial charge in [0, 0.05) is 11.0 Å². The van der Waals surface area contributed by atoms with Crippen molar-refractivity contribution in [2.75, 3.05) is 7.11 Å². The Morgan fingerprint density at radius 1 is 0.902 bits per heavy atom. The van der Waals surface area contributed by atoms with E-state index in [0.29, 0.717) is 34.9 Å². The summed E-state index contributed by atoms with van der Waals surface area (Å²) in [5.41, 5.74) is 2.53. The molecule has 5 fully saturated rings. The molecule has 5 saturated carbocycles. The largest absolute Gasteiger partial charge is 0.481 e. The van der Waals surface area contributed by atoms with E-state index in [1.54, 1.807) is 30.5 Å². The minimum Gasteiger partial charge on any atom is -0.481 e. The molecule has 5 aliphatic carbocycles. The number of esters is 2. The van der Waals surface area contributed by atoms with E-state index in [4.69, 9.17) is 9.47 Å². The van der Waals surface area contributed by atoms with Crippen LogP contribution in [0.25, 0.3) is 11.3 Å². The van der Waals surface area contributed by atoms with Crippen molar-refractivity contribution in [3.8, 4) is 11.3 Å². The van der Waals surface area contributed by atoms with Gasteiger partial charge in [-0.2, -0.15) is 0 Å². The van der Waals surface area contributed by atoms with Gasteiger partial charge in [-0.25, -0.2) is 9.48 Å². The number of fused-ring (bicyclic) bond motifs is 7. The minimum absolute atomic E-state index is 0.0215. The maximum Gasteiger partial charge on any atom is 0.337 e. The number of aliphatic carboxylic acids is 1. The lowest BCUT2D eigenvalue weighted by Gasteiger charge is -2.72. The van der Waals surface area contributed by atoms with Crippen molar-refractivity contribution in [2.24, 2.45) is 56.7 Å². The van der Waals surface area contributed by atoms with Crippen LogP contribution in [0.1, 0.15) is 116 Å². The van der Waals surface area contributed by atoms with E-state index in [1.807, 2.05) is 0 Å². The van der Waals surface area contributed by atoms with Gasteiger partial charge in [-0.1, -0.05) is 64.1 Å². The van der Waals surface area contributed by atoms with E-state index in [-0.39, 0.29) is 46.2 Å². The molecule has 5 aliphatic rings. The number of carbonyl (C=O) groups is 3. The van der Waals surface area contributed by atoms with Crippen LogP contribution in [0, 0.1) is 56.7 Å². The maximum atomic E-state index is 13.4. The van der Waals surface area contributed by atoms with Gasteiger partial charge < -0.3 is 14.6 Å². The molecule has 0 bridgehead atoms. The highest BCUT2D eigenvalue weighted by atomic mass is 16.5. The van der Waals surface area contributed by atoms with Crippen molar-refractivity contribution in [2.45, 2.75) is 118 Å². The molecule has 1 N–H and O–H groups in total. The molecule has 9 heteroatoms. The molecule has 9 nitrogen and oxygen atoms in total. The molecule has 1 aromatic carbocycles. The summed E-state index contributed by atoms with van der Waals surface area (Å²) in [6, 6.07) is 6.93. The molecule has 7 rings (SSSR count). The number of allylic oxidation sites excluding steroid dienone is 1. The number of carboxylic acid groups (broad SMARTS) is 1. The van der Waals surface area contributed by atoms with Crippen molar-refractivity contribution in [1.29, 1.82) is 0 Å². The summed E-state index contributed by atoms with van der Waals surface area (Å²) in [6.45, 7) is 18.8. The average molecular weight is 700 g/mol. The van der Waals surface area contributed by atoms with Crippen molar-refractivity contribution in [3.05, 3.63) is 48.2 Å². The van der Waals surface area contributed by atoms with Gasteiger partial charge in [0.2, 0.25) is 0 Å². The lowest BCUT2D eigenvalue weighted by Crippen LogP contribution is -2.67. The maximum absolute atomic E-state index is 13.4. The van der Waals surface area contributed by atoms with Gasteiger partial charge in [0.1, 0.15) is 18.3 Å². The van der Waals surface area contributed by atoms with Crippen molar-refractivity contribution in [1.82, 2.24) is 15.0 Å². The Kier molecular flexibility index (Phi) is 8.65. The van der Waals surface area contributed by atoms with E-state index in [9.17, 15) is 19.5 Å². The number of methoxy groups -OCH3 is 1. The Hall–Kier alpha value is -3.49. The second kappa shape index (κ2) is 12.3.